The van der Waals surface area contributed by atoms with Gasteiger partial charge in [0.25, 0.3) is 6.57 Å². The third kappa shape index (κ3) is 5.49. The molecule has 1 aromatic carbocycles. The van der Waals surface area contributed by atoms with Gasteiger partial charge in [-0.25, -0.2) is 0 Å². The van der Waals surface area contributed by atoms with Crippen LogP contribution in [-0.2, 0) is 9.09 Å². The lowest BCUT2D eigenvalue weighted by atomic mass is 10.2. The number of nitrogens with zero attached hydrogens (tertiary/aromatic N) is 1. The highest BCUT2D eigenvalue weighted by Crippen LogP contribution is 2.55. The van der Waals surface area contributed by atoms with E-state index in [1.807, 2.05) is 19.1 Å². The van der Waals surface area contributed by atoms with E-state index in [1.165, 1.54) is 17.1 Å². The van der Waals surface area contributed by atoms with Crippen molar-refractivity contribution in [2.24, 2.45) is 0 Å². The van der Waals surface area contributed by atoms with E-state index in [-0.39, 0.29) is 0 Å². The first kappa shape index (κ1) is 17.6. The summed E-state index contributed by atoms with van der Waals surface area (Å²) >= 11 is 1.43. The fourth-order valence-corrected chi connectivity index (χ4v) is 5.01. The highest BCUT2D eigenvalue weighted by atomic mass is 32.7. The molecule has 1 rings (SSSR count). The smallest absolute Gasteiger partial charge is 0.254 e. The summed E-state index contributed by atoms with van der Waals surface area (Å²) in [7, 11) is 5.95. The zero-order chi connectivity index (χ0) is 15.2. The molecular formula is C14H25NO3PS+. The van der Waals surface area contributed by atoms with Gasteiger partial charge in [0.2, 0.25) is 0 Å². The lowest BCUT2D eigenvalue weighted by Crippen LogP contribution is -2.42. The van der Waals surface area contributed by atoms with E-state index in [0.717, 1.165) is 22.5 Å². The molecule has 0 saturated carbocycles. The van der Waals surface area contributed by atoms with Crippen LogP contribution in [0, 0.1) is 0 Å². The first-order valence-electron chi connectivity index (χ1n) is 6.65. The van der Waals surface area contributed by atoms with Crippen molar-refractivity contribution in [3.8, 4) is 5.75 Å². The van der Waals surface area contributed by atoms with E-state index in [0.29, 0.717) is 6.61 Å². The van der Waals surface area contributed by atoms with Gasteiger partial charge in [0, 0.05) is 18.8 Å². The molecule has 1 aromatic rings. The third-order valence-electron chi connectivity index (χ3n) is 3.11. The molecule has 114 valence electrons. The lowest BCUT2D eigenvalue weighted by molar-refractivity contribution is 0.349. The predicted octanol–water partition coefficient (Wildman–Crippen LogP) is 3.85. The first-order chi connectivity index (χ1) is 9.30. The summed E-state index contributed by atoms with van der Waals surface area (Å²) in [5.41, 5.74) is 1.20. The summed E-state index contributed by atoms with van der Waals surface area (Å²) in [6.07, 6.45) is 0. The Labute approximate surface area is 126 Å². The first-order valence-corrected chi connectivity index (χ1v) is 10.3. The molecule has 6 heteroatoms. The Bertz CT molecular complexity index is 462. The molecule has 0 fully saturated rings. The molecule has 0 aliphatic heterocycles. The summed E-state index contributed by atoms with van der Waals surface area (Å²) in [6.45, 7) is 2.45. The molecule has 0 amide bonds. The summed E-state index contributed by atoms with van der Waals surface area (Å²) < 4.78 is 23.2. The maximum Gasteiger partial charge on any atom is 0.254 e. The van der Waals surface area contributed by atoms with Crippen LogP contribution in [0.1, 0.15) is 6.92 Å². The largest absolute Gasteiger partial charge is 0.497 e. The van der Waals surface area contributed by atoms with E-state index in [9.17, 15) is 4.57 Å². The summed E-state index contributed by atoms with van der Waals surface area (Å²) in [4.78, 5) is 0. The molecule has 0 spiro atoms. The molecule has 0 heterocycles. The number of benzene rings is 1. The second-order valence-electron chi connectivity index (χ2n) is 5.13. The van der Waals surface area contributed by atoms with E-state index in [2.05, 4.69) is 26.2 Å². The van der Waals surface area contributed by atoms with Crippen molar-refractivity contribution in [1.29, 1.82) is 0 Å². The van der Waals surface area contributed by atoms with Gasteiger partial charge in [0.1, 0.15) is 11.4 Å². The highest BCUT2D eigenvalue weighted by molar-refractivity contribution is 8.56. The van der Waals surface area contributed by atoms with Gasteiger partial charge in [0.05, 0.1) is 40.1 Å². The molecule has 0 aromatic heterocycles. The molecule has 0 radical (unpaired) electrons. The second-order valence-corrected chi connectivity index (χ2v) is 10.4. The molecule has 20 heavy (non-hydrogen) atoms. The number of rotatable bonds is 8. The van der Waals surface area contributed by atoms with Crippen molar-refractivity contribution in [3.63, 3.8) is 0 Å². The minimum Gasteiger partial charge on any atom is -0.497 e. The Balaban J connectivity index is 2.58. The van der Waals surface area contributed by atoms with Crippen molar-refractivity contribution in [2.45, 2.75) is 6.92 Å². The number of hydrogen-bond donors (Lipinski definition) is 0. The Kier molecular flexibility index (Phi) is 6.59. The predicted molar refractivity (Wildman–Crippen MR) is 89.1 cm³/mol. The Hall–Kier alpha value is -0.480. The monoisotopic (exact) mass is 318 g/mol. The van der Waals surface area contributed by atoms with Crippen LogP contribution in [0.4, 0.5) is 5.69 Å². The third-order valence-corrected chi connectivity index (χ3v) is 6.94. The van der Waals surface area contributed by atoms with Gasteiger partial charge in [-0.05, 0) is 19.1 Å². The van der Waals surface area contributed by atoms with Gasteiger partial charge in [-0.15, -0.1) is 0 Å². The SMILES string of the molecule is CCOP(C)(=O)SCC[N+](C)(C)c1ccc(OC)cc1. The molecule has 0 aliphatic carbocycles. The van der Waals surface area contributed by atoms with Crippen LogP contribution >= 0.6 is 18.0 Å². The van der Waals surface area contributed by atoms with E-state index in [1.54, 1.807) is 13.8 Å². The molecule has 1 unspecified atom stereocenters. The molecule has 0 bridgehead atoms. The van der Waals surface area contributed by atoms with Gasteiger partial charge in [0.15, 0.2) is 0 Å². The van der Waals surface area contributed by atoms with Crippen LogP contribution in [-0.4, -0.2) is 46.8 Å². The zero-order valence-corrected chi connectivity index (χ0v) is 14.7. The Morgan fingerprint density at radius 1 is 1.25 bits per heavy atom. The number of methoxy groups -OCH3 is 1. The maximum absolute atomic E-state index is 12.0. The van der Waals surface area contributed by atoms with Crippen LogP contribution in [0.5, 0.6) is 5.75 Å². The number of hydrogen-bond acceptors (Lipinski definition) is 4. The average molecular weight is 318 g/mol. The van der Waals surface area contributed by atoms with Gasteiger partial charge in [-0.2, -0.15) is 0 Å². The zero-order valence-electron chi connectivity index (χ0n) is 13.0. The topological polar surface area (TPSA) is 35.5 Å². The van der Waals surface area contributed by atoms with Crippen LogP contribution in [0.2, 0.25) is 0 Å². The van der Waals surface area contributed by atoms with Crippen LogP contribution in [0.25, 0.3) is 0 Å². The number of ether oxygens (including phenoxy) is 1. The highest BCUT2D eigenvalue weighted by Gasteiger charge is 2.22. The lowest BCUT2D eigenvalue weighted by Gasteiger charge is -2.29. The fourth-order valence-electron chi connectivity index (χ4n) is 1.82. The fraction of sp³-hybridized carbons (Fsp3) is 0.571. The van der Waals surface area contributed by atoms with Crippen molar-refractivity contribution in [2.75, 3.05) is 46.8 Å². The minimum atomic E-state index is -2.50. The average Bonchev–Trinajstić information content (AvgIpc) is 2.38. The molecule has 4 nitrogen and oxygen atoms in total. The normalized spacial score (nSPS) is 14.8. The Morgan fingerprint density at radius 2 is 1.85 bits per heavy atom. The van der Waals surface area contributed by atoms with Crippen molar-refractivity contribution < 1.29 is 13.8 Å². The van der Waals surface area contributed by atoms with E-state index < -0.39 is 6.57 Å². The van der Waals surface area contributed by atoms with Crippen molar-refractivity contribution in [3.05, 3.63) is 24.3 Å². The minimum absolute atomic E-state index is 0.498. The van der Waals surface area contributed by atoms with Gasteiger partial charge in [-0.1, -0.05) is 11.4 Å². The summed E-state index contributed by atoms with van der Waals surface area (Å²) in [6, 6.07) is 8.07. The number of quaternary nitrogens is 1. The molecule has 0 saturated heterocycles. The van der Waals surface area contributed by atoms with Crippen molar-refractivity contribution >= 4 is 23.6 Å². The van der Waals surface area contributed by atoms with Gasteiger partial charge < -0.3 is 9.26 Å². The standard InChI is InChI=1S/C14H25NO3PS/c1-6-18-19(5,16)20-12-11-15(2,3)13-7-9-14(17-4)10-8-13/h7-10H,6,11-12H2,1-5H3/q+1. The van der Waals surface area contributed by atoms with Crippen molar-refractivity contribution in [1.82, 2.24) is 4.48 Å². The molecule has 1 atom stereocenters. The Morgan fingerprint density at radius 3 is 2.35 bits per heavy atom. The maximum atomic E-state index is 12.0. The van der Waals surface area contributed by atoms with Gasteiger partial charge in [-0.3, -0.25) is 9.05 Å². The molecule has 0 N–H and O–H groups in total. The van der Waals surface area contributed by atoms with Crippen LogP contribution < -0.4 is 9.22 Å². The second kappa shape index (κ2) is 7.51. The van der Waals surface area contributed by atoms with Gasteiger partial charge >= 0.3 is 0 Å². The van der Waals surface area contributed by atoms with Crippen LogP contribution in [0.15, 0.2) is 24.3 Å². The quantitative estimate of drug-likeness (QED) is 0.539. The molecule has 0 aliphatic rings. The summed E-state index contributed by atoms with van der Waals surface area (Å²) in [5, 5.41) is 0. The molecular weight excluding hydrogens is 293 g/mol. The summed E-state index contributed by atoms with van der Waals surface area (Å²) in [5.74, 6) is 1.66. The van der Waals surface area contributed by atoms with E-state index >= 15 is 0 Å². The van der Waals surface area contributed by atoms with E-state index in [4.69, 9.17) is 9.26 Å². The van der Waals surface area contributed by atoms with Crippen LogP contribution in [0.3, 0.4) is 0 Å².